The first-order valence-corrected chi connectivity index (χ1v) is 5.76. The number of hydrogen-bond acceptors (Lipinski definition) is 1. The number of aromatic nitrogens is 2. The van der Waals surface area contributed by atoms with Gasteiger partial charge < -0.3 is 4.40 Å². The summed E-state index contributed by atoms with van der Waals surface area (Å²) in [5, 5.41) is 0. The molecule has 1 fully saturated rings. The molecular formula is C13H16N2. The smallest absolute Gasteiger partial charge is 0.137 e. The van der Waals surface area contributed by atoms with E-state index in [0.717, 1.165) is 18.0 Å². The molecule has 0 amide bonds. The van der Waals surface area contributed by atoms with Crippen molar-refractivity contribution in [2.24, 2.45) is 0 Å². The van der Waals surface area contributed by atoms with Crippen molar-refractivity contribution in [1.82, 2.24) is 9.38 Å². The lowest BCUT2D eigenvalue weighted by Crippen LogP contribution is -1.91. The van der Waals surface area contributed by atoms with Crippen molar-refractivity contribution in [3.05, 3.63) is 35.3 Å². The Balaban J connectivity index is 2.18. The van der Waals surface area contributed by atoms with Crippen LogP contribution in [0.1, 0.15) is 42.5 Å². The van der Waals surface area contributed by atoms with Gasteiger partial charge in [-0.3, -0.25) is 0 Å². The molecule has 2 nitrogen and oxygen atoms in total. The Morgan fingerprint density at radius 1 is 1.40 bits per heavy atom. The highest BCUT2D eigenvalue weighted by Crippen LogP contribution is 2.41. The van der Waals surface area contributed by atoms with E-state index in [9.17, 15) is 0 Å². The lowest BCUT2D eigenvalue weighted by molar-refractivity contribution is 1.03. The van der Waals surface area contributed by atoms with Gasteiger partial charge in [0.2, 0.25) is 0 Å². The molecule has 2 heterocycles. The van der Waals surface area contributed by atoms with Crippen LogP contribution in [0.4, 0.5) is 0 Å². The molecule has 3 rings (SSSR count). The third kappa shape index (κ3) is 1.44. The number of imidazole rings is 1. The maximum Gasteiger partial charge on any atom is 0.137 e. The van der Waals surface area contributed by atoms with E-state index in [2.05, 4.69) is 41.7 Å². The van der Waals surface area contributed by atoms with Gasteiger partial charge in [0, 0.05) is 12.4 Å². The monoisotopic (exact) mass is 200 g/mol. The van der Waals surface area contributed by atoms with E-state index in [1.807, 2.05) is 0 Å². The van der Waals surface area contributed by atoms with Gasteiger partial charge in [-0.25, -0.2) is 4.98 Å². The van der Waals surface area contributed by atoms with Crippen LogP contribution in [0.2, 0.25) is 0 Å². The summed E-state index contributed by atoms with van der Waals surface area (Å²) in [7, 11) is 0. The molecule has 0 N–H and O–H groups in total. The second kappa shape index (κ2) is 3.09. The number of rotatable bonds is 2. The molecule has 0 radical (unpaired) electrons. The van der Waals surface area contributed by atoms with Crippen LogP contribution in [0.15, 0.2) is 18.5 Å². The average Bonchev–Trinajstić information content (AvgIpc) is 2.98. The Morgan fingerprint density at radius 2 is 2.20 bits per heavy atom. The van der Waals surface area contributed by atoms with Gasteiger partial charge >= 0.3 is 0 Å². The predicted molar refractivity (Wildman–Crippen MR) is 61.3 cm³/mol. The Kier molecular flexibility index (Phi) is 1.84. The van der Waals surface area contributed by atoms with Gasteiger partial charge in [-0.1, -0.05) is 6.92 Å². The SMILES string of the molecule is CCc1cn2cc(C3CC3)c(C)cc2n1. The van der Waals surface area contributed by atoms with Gasteiger partial charge in [-0.15, -0.1) is 0 Å². The minimum atomic E-state index is 0.821. The predicted octanol–water partition coefficient (Wildman–Crippen LogP) is 3.08. The first kappa shape index (κ1) is 8.96. The highest BCUT2D eigenvalue weighted by Gasteiger charge is 2.25. The molecule has 0 aromatic carbocycles. The van der Waals surface area contributed by atoms with Crippen molar-refractivity contribution in [3.63, 3.8) is 0 Å². The molecule has 2 heteroatoms. The van der Waals surface area contributed by atoms with Crippen LogP contribution in [-0.2, 0) is 6.42 Å². The molecule has 0 spiro atoms. The molecule has 2 aromatic heterocycles. The third-order valence-corrected chi connectivity index (χ3v) is 3.27. The van der Waals surface area contributed by atoms with E-state index in [0.29, 0.717) is 0 Å². The normalized spacial score (nSPS) is 16.1. The second-order valence-electron chi connectivity index (χ2n) is 4.54. The molecule has 1 aliphatic rings. The van der Waals surface area contributed by atoms with Crippen molar-refractivity contribution >= 4 is 5.65 Å². The van der Waals surface area contributed by atoms with Crippen molar-refractivity contribution in [2.45, 2.75) is 39.0 Å². The van der Waals surface area contributed by atoms with Crippen molar-refractivity contribution < 1.29 is 0 Å². The van der Waals surface area contributed by atoms with Crippen molar-refractivity contribution in [1.29, 1.82) is 0 Å². The van der Waals surface area contributed by atoms with E-state index in [-0.39, 0.29) is 0 Å². The summed E-state index contributed by atoms with van der Waals surface area (Å²) in [5.74, 6) is 0.821. The van der Waals surface area contributed by atoms with Crippen LogP contribution in [0.5, 0.6) is 0 Å². The lowest BCUT2D eigenvalue weighted by atomic mass is 10.1. The van der Waals surface area contributed by atoms with Crippen LogP contribution >= 0.6 is 0 Å². The summed E-state index contributed by atoms with van der Waals surface area (Å²) in [6, 6.07) is 2.22. The van der Waals surface area contributed by atoms with Crippen LogP contribution in [-0.4, -0.2) is 9.38 Å². The quantitative estimate of drug-likeness (QED) is 0.728. The Labute approximate surface area is 90.0 Å². The molecule has 0 unspecified atom stereocenters. The molecule has 78 valence electrons. The molecule has 2 aromatic rings. The highest BCUT2D eigenvalue weighted by molar-refractivity contribution is 5.47. The first-order chi connectivity index (χ1) is 7.28. The summed E-state index contributed by atoms with van der Waals surface area (Å²) in [6.07, 6.45) is 8.16. The molecule has 0 saturated heterocycles. The fraction of sp³-hybridized carbons (Fsp3) is 0.462. The molecule has 1 aliphatic carbocycles. The maximum absolute atomic E-state index is 4.58. The van der Waals surface area contributed by atoms with Gasteiger partial charge in [0.05, 0.1) is 5.69 Å². The maximum atomic E-state index is 4.58. The van der Waals surface area contributed by atoms with Gasteiger partial charge in [0.1, 0.15) is 5.65 Å². The summed E-state index contributed by atoms with van der Waals surface area (Å²) >= 11 is 0. The van der Waals surface area contributed by atoms with Crippen molar-refractivity contribution in [2.75, 3.05) is 0 Å². The van der Waals surface area contributed by atoms with Crippen LogP contribution in [0.25, 0.3) is 5.65 Å². The number of fused-ring (bicyclic) bond motifs is 1. The van der Waals surface area contributed by atoms with E-state index < -0.39 is 0 Å². The third-order valence-electron chi connectivity index (χ3n) is 3.27. The second-order valence-corrected chi connectivity index (χ2v) is 4.54. The first-order valence-electron chi connectivity index (χ1n) is 5.76. The molecule has 0 aliphatic heterocycles. The summed E-state index contributed by atoms with van der Waals surface area (Å²) in [6.45, 7) is 4.35. The zero-order valence-corrected chi connectivity index (χ0v) is 9.33. The number of pyridine rings is 1. The fourth-order valence-corrected chi connectivity index (χ4v) is 2.19. The number of hydrogen-bond donors (Lipinski definition) is 0. The average molecular weight is 200 g/mol. The standard InChI is InChI=1S/C13H16N2/c1-3-11-7-15-8-12(10-4-5-10)9(2)6-13(15)14-11/h6-8,10H,3-5H2,1-2H3. The molecule has 0 atom stereocenters. The van der Waals surface area contributed by atoms with E-state index >= 15 is 0 Å². The molecule has 15 heavy (non-hydrogen) atoms. The largest absolute Gasteiger partial charge is 0.307 e. The topological polar surface area (TPSA) is 17.3 Å². The molecule has 0 bridgehead atoms. The Morgan fingerprint density at radius 3 is 2.87 bits per heavy atom. The van der Waals surface area contributed by atoms with Crippen LogP contribution in [0, 0.1) is 6.92 Å². The minimum absolute atomic E-state index is 0.821. The van der Waals surface area contributed by atoms with E-state index in [1.165, 1.54) is 29.7 Å². The van der Waals surface area contributed by atoms with Gasteiger partial charge in [-0.2, -0.15) is 0 Å². The van der Waals surface area contributed by atoms with Crippen LogP contribution in [0.3, 0.4) is 0 Å². The summed E-state index contributed by atoms with van der Waals surface area (Å²) in [4.78, 5) is 4.58. The van der Waals surface area contributed by atoms with Crippen molar-refractivity contribution in [3.8, 4) is 0 Å². The number of aryl methyl sites for hydroxylation is 2. The zero-order chi connectivity index (χ0) is 10.4. The number of nitrogens with zero attached hydrogens (tertiary/aromatic N) is 2. The van der Waals surface area contributed by atoms with Gasteiger partial charge in [0.15, 0.2) is 0 Å². The summed E-state index contributed by atoms with van der Waals surface area (Å²) in [5.41, 5.74) is 5.19. The Bertz CT molecular complexity index is 506. The van der Waals surface area contributed by atoms with Crippen LogP contribution < -0.4 is 0 Å². The summed E-state index contributed by atoms with van der Waals surface area (Å²) < 4.78 is 2.18. The zero-order valence-electron chi connectivity index (χ0n) is 9.33. The molecule has 1 saturated carbocycles. The molecular weight excluding hydrogens is 184 g/mol. The van der Waals surface area contributed by atoms with E-state index in [1.54, 1.807) is 0 Å². The van der Waals surface area contributed by atoms with Gasteiger partial charge in [0.25, 0.3) is 0 Å². The fourth-order valence-electron chi connectivity index (χ4n) is 2.19. The highest BCUT2D eigenvalue weighted by atomic mass is 15.0. The lowest BCUT2D eigenvalue weighted by Gasteiger charge is -2.04. The van der Waals surface area contributed by atoms with E-state index in [4.69, 9.17) is 0 Å². The van der Waals surface area contributed by atoms with Gasteiger partial charge in [-0.05, 0) is 49.3 Å². The minimum Gasteiger partial charge on any atom is -0.307 e. The Hall–Kier alpha value is -1.31.